The second-order valence-corrected chi connectivity index (χ2v) is 5.54. The second kappa shape index (κ2) is 6.41. The predicted octanol–water partition coefficient (Wildman–Crippen LogP) is 3.22. The summed E-state index contributed by atoms with van der Waals surface area (Å²) < 4.78 is 19.5. The van der Waals surface area contributed by atoms with E-state index < -0.39 is 11.8 Å². The van der Waals surface area contributed by atoms with Crippen LogP contribution >= 0.6 is 11.6 Å². The van der Waals surface area contributed by atoms with Crippen molar-refractivity contribution in [2.24, 2.45) is 0 Å². The van der Waals surface area contributed by atoms with E-state index in [4.69, 9.17) is 16.3 Å². The van der Waals surface area contributed by atoms with Crippen LogP contribution in [-0.4, -0.2) is 15.4 Å². The van der Waals surface area contributed by atoms with E-state index in [2.05, 4.69) is 4.98 Å². The van der Waals surface area contributed by atoms with Gasteiger partial charge in [-0.3, -0.25) is 14.0 Å². The molecule has 0 aliphatic rings. The molecule has 0 saturated heterocycles. The van der Waals surface area contributed by atoms with Gasteiger partial charge in [0.05, 0.1) is 16.3 Å². The summed E-state index contributed by atoms with van der Waals surface area (Å²) in [6.07, 6.45) is 1.45. The van der Waals surface area contributed by atoms with E-state index in [1.807, 2.05) is 0 Å². The highest BCUT2D eigenvalue weighted by atomic mass is 35.5. The summed E-state index contributed by atoms with van der Waals surface area (Å²) in [5.41, 5.74) is 0.999. The smallest absolute Gasteiger partial charge is 0.303 e. The SMILES string of the molecule is CC(=O)OCc1nc2ccc(Cl)cn2c(=O)c1-c1ccc(F)cc1. The molecule has 3 aromatic rings. The maximum Gasteiger partial charge on any atom is 0.303 e. The number of ether oxygens (including phenoxy) is 1. The minimum Gasteiger partial charge on any atom is -0.459 e. The zero-order valence-corrected chi connectivity index (χ0v) is 13.4. The number of fused-ring (bicyclic) bond motifs is 1. The number of nitrogens with zero attached hydrogens (tertiary/aromatic N) is 2. The van der Waals surface area contributed by atoms with Crippen LogP contribution in [0.25, 0.3) is 16.8 Å². The van der Waals surface area contributed by atoms with Gasteiger partial charge in [0.1, 0.15) is 18.1 Å². The number of carbonyl (C=O) groups is 1. The van der Waals surface area contributed by atoms with Crippen LogP contribution in [0.3, 0.4) is 0 Å². The summed E-state index contributed by atoms with van der Waals surface area (Å²) in [7, 11) is 0. The number of benzene rings is 1. The third-order valence-electron chi connectivity index (χ3n) is 3.41. The van der Waals surface area contributed by atoms with E-state index in [0.29, 0.717) is 21.9 Å². The zero-order valence-electron chi connectivity index (χ0n) is 12.6. The molecule has 2 aromatic heterocycles. The Hall–Kier alpha value is -2.73. The average Bonchev–Trinajstić information content (AvgIpc) is 2.55. The quantitative estimate of drug-likeness (QED) is 0.683. The molecule has 0 bridgehead atoms. The van der Waals surface area contributed by atoms with Crippen LogP contribution in [0.4, 0.5) is 4.39 Å². The summed E-state index contributed by atoms with van der Waals surface area (Å²) in [5.74, 6) is -0.907. The molecular formula is C17H12ClFN2O3. The zero-order chi connectivity index (χ0) is 17.3. The lowest BCUT2D eigenvalue weighted by molar-refractivity contribution is -0.142. The first kappa shape index (κ1) is 16.1. The first-order chi connectivity index (χ1) is 11.5. The fourth-order valence-electron chi connectivity index (χ4n) is 2.34. The molecule has 0 fully saturated rings. The molecular weight excluding hydrogens is 335 g/mol. The van der Waals surface area contributed by atoms with Crippen molar-refractivity contribution in [3.8, 4) is 11.1 Å². The van der Waals surface area contributed by atoms with Gasteiger partial charge >= 0.3 is 5.97 Å². The molecule has 122 valence electrons. The molecule has 2 heterocycles. The average molecular weight is 347 g/mol. The summed E-state index contributed by atoms with van der Waals surface area (Å²) in [4.78, 5) is 28.3. The van der Waals surface area contributed by atoms with E-state index in [0.717, 1.165) is 0 Å². The largest absolute Gasteiger partial charge is 0.459 e. The van der Waals surface area contributed by atoms with Crippen LogP contribution < -0.4 is 5.56 Å². The summed E-state index contributed by atoms with van der Waals surface area (Å²) in [6, 6.07) is 8.64. The molecule has 0 atom stereocenters. The van der Waals surface area contributed by atoms with Crippen molar-refractivity contribution in [2.75, 3.05) is 0 Å². The fraction of sp³-hybridized carbons (Fsp3) is 0.118. The predicted molar refractivity (Wildman–Crippen MR) is 87.3 cm³/mol. The van der Waals surface area contributed by atoms with Gasteiger partial charge in [-0.2, -0.15) is 0 Å². The van der Waals surface area contributed by atoms with Crippen molar-refractivity contribution >= 4 is 23.2 Å². The van der Waals surface area contributed by atoms with Crippen LogP contribution in [-0.2, 0) is 16.1 Å². The summed E-state index contributed by atoms with van der Waals surface area (Å²) >= 11 is 5.95. The molecule has 0 amide bonds. The monoisotopic (exact) mass is 346 g/mol. The number of halogens is 2. The van der Waals surface area contributed by atoms with Crippen LogP contribution in [0.2, 0.25) is 5.02 Å². The van der Waals surface area contributed by atoms with Gasteiger partial charge in [-0.1, -0.05) is 23.7 Å². The number of carbonyl (C=O) groups excluding carboxylic acids is 1. The molecule has 0 unspecified atom stereocenters. The number of hydrogen-bond acceptors (Lipinski definition) is 4. The van der Waals surface area contributed by atoms with Gasteiger partial charge in [-0.25, -0.2) is 9.37 Å². The first-order valence-corrected chi connectivity index (χ1v) is 7.43. The van der Waals surface area contributed by atoms with Crippen molar-refractivity contribution in [2.45, 2.75) is 13.5 Å². The van der Waals surface area contributed by atoms with E-state index in [1.54, 1.807) is 12.1 Å². The Balaban J connectivity index is 2.27. The fourth-order valence-corrected chi connectivity index (χ4v) is 2.50. The van der Waals surface area contributed by atoms with E-state index in [-0.39, 0.29) is 17.7 Å². The van der Waals surface area contributed by atoms with E-state index in [9.17, 15) is 14.0 Å². The molecule has 0 aliphatic heterocycles. The topological polar surface area (TPSA) is 60.7 Å². The Morgan fingerprint density at radius 1 is 1.25 bits per heavy atom. The van der Waals surface area contributed by atoms with Crippen molar-refractivity contribution < 1.29 is 13.9 Å². The lowest BCUT2D eigenvalue weighted by atomic mass is 10.1. The highest BCUT2D eigenvalue weighted by Gasteiger charge is 2.16. The Labute approximate surface area is 141 Å². The van der Waals surface area contributed by atoms with Gasteiger partial charge < -0.3 is 4.74 Å². The van der Waals surface area contributed by atoms with E-state index in [1.165, 1.54) is 41.8 Å². The maximum absolute atomic E-state index is 13.2. The summed E-state index contributed by atoms with van der Waals surface area (Å²) in [5, 5.41) is 0.379. The number of aromatic nitrogens is 2. The molecule has 0 radical (unpaired) electrons. The normalized spacial score (nSPS) is 10.8. The van der Waals surface area contributed by atoms with Gasteiger partial charge in [0, 0.05) is 13.1 Å². The molecule has 7 heteroatoms. The van der Waals surface area contributed by atoms with Gasteiger partial charge in [-0.05, 0) is 29.8 Å². The Morgan fingerprint density at radius 3 is 2.62 bits per heavy atom. The third kappa shape index (κ3) is 3.14. The number of rotatable bonds is 3. The highest BCUT2D eigenvalue weighted by Crippen LogP contribution is 2.21. The van der Waals surface area contributed by atoms with Crippen molar-refractivity contribution in [1.82, 2.24) is 9.38 Å². The van der Waals surface area contributed by atoms with Crippen molar-refractivity contribution in [1.29, 1.82) is 0 Å². The second-order valence-electron chi connectivity index (χ2n) is 5.10. The maximum atomic E-state index is 13.2. The molecule has 5 nitrogen and oxygen atoms in total. The molecule has 24 heavy (non-hydrogen) atoms. The van der Waals surface area contributed by atoms with Gasteiger partial charge in [0.2, 0.25) is 0 Å². The Kier molecular flexibility index (Phi) is 4.31. The highest BCUT2D eigenvalue weighted by molar-refractivity contribution is 6.30. The Morgan fingerprint density at radius 2 is 1.96 bits per heavy atom. The molecule has 0 spiro atoms. The van der Waals surface area contributed by atoms with Gasteiger partial charge in [0.15, 0.2) is 0 Å². The lowest BCUT2D eigenvalue weighted by Crippen LogP contribution is -2.20. The van der Waals surface area contributed by atoms with Crippen LogP contribution in [0.15, 0.2) is 47.4 Å². The molecule has 0 N–H and O–H groups in total. The number of pyridine rings is 1. The van der Waals surface area contributed by atoms with Crippen molar-refractivity contribution in [3.05, 3.63) is 69.5 Å². The van der Waals surface area contributed by atoms with E-state index >= 15 is 0 Å². The van der Waals surface area contributed by atoms with Crippen LogP contribution in [0.1, 0.15) is 12.6 Å². The number of esters is 1. The third-order valence-corrected chi connectivity index (χ3v) is 3.63. The summed E-state index contributed by atoms with van der Waals surface area (Å²) in [6.45, 7) is 1.11. The van der Waals surface area contributed by atoms with Crippen LogP contribution in [0, 0.1) is 5.82 Å². The minimum atomic E-state index is -0.488. The number of hydrogen-bond donors (Lipinski definition) is 0. The Bertz CT molecular complexity index is 984. The van der Waals surface area contributed by atoms with Crippen LogP contribution in [0.5, 0.6) is 0 Å². The van der Waals surface area contributed by atoms with Crippen molar-refractivity contribution in [3.63, 3.8) is 0 Å². The standard InChI is InChI=1S/C17H12ClFN2O3/c1-10(22)24-9-14-16(11-2-5-13(19)6-3-11)17(23)21-8-12(18)4-7-15(21)20-14/h2-8H,9H2,1H3. The van der Waals surface area contributed by atoms with Gasteiger partial charge in [0.25, 0.3) is 5.56 Å². The first-order valence-electron chi connectivity index (χ1n) is 7.06. The molecule has 0 saturated carbocycles. The van der Waals surface area contributed by atoms with Gasteiger partial charge in [-0.15, -0.1) is 0 Å². The molecule has 1 aromatic carbocycles. The minimum absolute atomic E-state index is 0.156. The lowest BCUT2D eigenvalue weighted by Gasteiger charge is -2.11. The molecule has 3 rings (SSSR count). The molecule has 0 aliphatic carbocycles.